The maximum absolute atomic E-state index is 6.22. The fourth-order valence-corrected chi connectivity index (χ4v) is 2.86. The molecular formula is C20H16N2O. The molecule has 3 aromatic rings. The predicted molar refractivity (Wildman–Crippen MR) is 94.4 cm³/mol. The molecule has 0 fully saturated rings. The summed E-state index contributed by atoms with van der Waals surface area (Å²) in [6.45, 7) is 0.488. The lowest BCUT2D eigenvalue weighted by molar-refractivity contribution is 0.393. The standard InChI is InChI=1S/C20H16N2O/c21-16-10-6-11-17(20(16)14-7-2-1-3-8-14)22-18-13-23-19-12-5-4-9-15(18)19/h1-12H,13,21H2. The summed E-state index contributed by atoms with van der Waals surface area (Å²) in [5.41, 5.74) is 11.8. The molecule has 1 heterocycles. The van der Waals surface area contributed by atoms with E-state index in [0.29, 0.717) is 6.61 Å². The van der Waals surface area contributed by atoms with Crippen molar-refractivity contribution in [1.29, 1.82) is 0 Å². The summed E-state index contributed by atoms with van der Waals surface area (Å²) in [5, 5.41) is 0. The maximum Gasteiger partial charge on any atom is 0.131 e. The molecule has 0 spiro atoms. The molecule has 0 aliphatic carbocycles. The van der Waals surface area contributed by atoms with Gasteiger partial charge in [-0.15, -0.1) is 0 Å². The fraction of sp³-hybridized carbons (Fsp3) is 0.0500. The minimum atomic E-state index is 0.488. The van der Waals surface area contributed by atoms with Crippen LogP contribution in [0.2, 0.25) is 0 Å². The molecule has 3 aromatic carbocycles. The van der Waals surface area contributed by atoms with Crippen molar-refractivity contribution >= 4 is 17.1 Å². The SMILES string of the molecule is Nc1cccc(N=C2COc3ccccc32)c1-c1ccccc1. The van der Waals surface area contributed by atoms with Crippen molar-refractivity contribution in [3.8, 4) is 16.9 Å². The number of benzene rings is 3. The van der Waals surface area contributed by atoms with Gasteiger partial charge in [0.2, 0.25) is 0 Å². The number of nitrogens with zero attached hydrogens (tertiary/aromatic N) is 1. The topological polar surface area (TPSA) is 47.6 Å². The Balaban J connectivity index is 1.86. The molecule has 3 nitrogen and oxygen atoms in total. The number of nitrogens with two attached hydrogens (primary N) is 1. The van der Waals surface area contributed by atoms with Crippen LogP contribution in [-0.4, -0.2) is 12.3 Å². The number of rotatable bonds is 2. The Morgan fingerprint density at radius 3 is 2.48 bits per heavy atom. The molecule has 112 valence electrons. The monoisotopic (exact) mass is 300 g/mol. The Morgan fingerprint density at radius 2 is 1.61 bits per heavy atom. The van der Waals surface area contributed by atoms with Gasteiger partial charge in [0.1, 0.15) is 12.4 Å². The van der Waals surface area contributed by atoms with Gasteiger partial charge >= 0.3 is 0 Å². The number of para-hydroxylation sites is 1. The van der Waals surface area contributed by atoms with E-state index in [1.807, 2.05) is 60.7 Å². The molecule has 4 rings (SSSR count). The number of nitrogen functional groups attached to an aromatic ring is 1. The van der Waals surface area contributed by atoms with Crippen LogP contribution in [0.3, 0.4) is 0 Å². The Kier molecular flexibility index (Phi) is 3.31. The van der Waals surface area contributed by atoms with Gasteiger partial charge < -0.3 is 10.5 Å². The van der Waals surface area contributed by atoms with E-state index >= 15 is 0 Å². The first-order valence-corrected chi connectivity index (χ1v) is 7.56. The lowest BCUT2D eigenvalue weighted by atomic mass is 10.0. The minimum Gasteiger partial charge on any atom is -0.487 e. The quantitative estimate of drug-likeness (QED) is 0.711. The van der Waals surface area contributed by atoms with E-state index in [-0.39, 0.29) is 0 Å². The molecule has 0 atom stereocenters. The zero-order valence-electron chi connectivity index (χ0n) is 12.6. The molecule has 1 aliphatic rings. The van der Waals surface area contributed by atoms with Gasteiger partial charge in [-0.1, -0.05) is 48.5 Å². The van der Waals surface area contributed by atoms with Gasteiger partial charge in [-0.3, -0.25) is 0 Å². The van der Waals surface area contributed by atoms with E-state index in [1.165, 1.54) is 0 Å². The average Bonchev–Trinajstić information content (AvgIpc) is 2.99. The van der Waals surface area contributed by atoms with Gasteiger partial charge in [0.25, 0.3) is 0 Å². The number of anilines is 1. The Bertz CT molecular complexity index is 885. The van der Waals surface area contributed by atoms with E-state index in [0.717, 1.165) is 39.5 Å². The van der Waals surface area contributed by atoms with E-state index < -0.39 is 0 Å². The van der Waals surface area contributed by atoms with Crippen LogP contribution in [0.4, 0.5) is 11.4 Å². The summed E-state index contributed by atoms with van der Waals surface area (Å²) in [5.74, 6) is 0.886. The third-order valence-electron chi connectivity index (χ3n) is 3.95. The van der Waals surface area contributed by atoms with E-state index in [2.05, 4.69) is 12.1 Å². The van der Waals surface area contributed by atoms with Gasteiger partial charge in [0, 0.05) is 16.8 Å². The van der Waals surface area contributed by atoms with Crippen molar-refractivity contribution in [3.05, 3.63) is 78.4 Å². The van der Waals surface area contributed by atoms with Crippen molar-refractivity contribution in [2.75, 3.05) is 12.3 Å². The molecular weight excluding hydrogens is 284 g/mol. The summed E-state index contributed by atoms with van der Waals surface area (Å²) in [4.78, 5) is 4.85. The van der Waals surface area contributed by atoms with Gasteiger partial charge in [-0.25, -0.2) is 4.99 Å². The molecule has 0 aromatic heterocycles. The molecule has 0 saturated heterocycles. The zero-order valence-corrected chi connectivity index (χ0v) is 12.6. The van der Waals surface area contributed by atoms with Gasteiger partial charge in [0.05, 0.1) is 11.4 Å². The number of hydrogen-bond acceptors (Lipinski definition) is 3. The average molecular weight is 300 g/mol. The van der Waals surface area contributed by atoms with Crippen molar-refractivity contribution in [1.82, 2.24) is 0 Å². The molecule has 0 unspecified atom stereocenters. The molecule has 0 amide bonds. The first-order chi connectivity index (χ1) is 11.3. The lowest BCUT2D eigenvalue weighted by Crippen LogP contribution is -2.02. The molecule has 0 radical (unpaired) electrons. The van der Waals surface area contributed by atoms with Gasteiger partial charge in [-0.05, 0) is 29.8 Å². The van der Waals surface area contributed by atoms with Crippen LogP contribution in [-0.2, 0) is 0 Å². The second-order valence-corrected chi connectivity index (χ2v) is 5.45. The smallest absolute Gasteiger partial charge is 0.131 e. The van der Waals surface area contributed by atoms with E-state index in [1.54, 1.807) is 0 Å². The first kappa shape index (κ1) is 13.6. The molecule has 1 aliphatic heterocycles. The van der Waals surface area contributed by atoms with Crippen molar-refractivity contribution in [2.45, 2.75) is 0 Å². The van der Waals surface area contributed by atoms with Crippen LogP contribution in [0.15, 0.2) is 77.8 Å². The molecule has 0 saturated carbocycles. The van der Waals surface area contributed by atoms with Gasteiger partial charge in [0.15, 0.2) is 0 Å². The van der Waals surface area contributed by atoms with Crippen LogP contribution < -0.4 is 10.5 Å². The third kappa shape index (κ3) is 2.46. The van der Waals surface area contributed by atoms with Gasteiger partial charge in [-0.2, -0.15) is 0 Å². The second kappa shape index (κ2) is 5.61. The summed E-state index contributed by atoms with van der Waals surface area (Å²) in [6.07, 6.45) is 0. The number of ether oxygens (including phenoxy) is 1. The van der Waals surface area contributed by atoms with Crippen molar-refractivity contribution in [2.24, 2.45) is 4.99 Å². The molecule has 23 heavy (non-hydrogen) atoms. The van der Waals surface area contributed by atoms with Crippen molar-refractivity contribution in [3.63, 3.8) is 0 Å². The van der Waals surface area contributed by atoms with E-state index in [4.69, 9.17) is 15.5 Å². The lowest BCUT2D eigenvalue weighted by Gasteiger charge is -2.10. The van der Waals surface area contributed by atoms with Crippen LogP contribution in [0.1, 0.15) is 5.56 Å². The molecule has 2 N–H and O–H groups in total. The van der Waals surface area contributed by atoms with E-state index in [9.17, 15) is 0 Å². The Morgan fingerprint density at radius 1 is 0.826 bits per heavy atom. The zero-order chi connectivity index (χ0) is 15.6. The highest BCUT2D eigenvalue weighted by Gasteiger charge is 2.19. The van der Waals surface area contributed by atoms with Crippen LogP contribution >= 0.6 is 0 Å². The minimum absolute atomic E-state index is 0.488. The Labute approximate surface area is 135 Å². The maximum atomic E-state index is 6.22. The summed E-state index contributed by atoms with van der Waals surface area (Å²) < 4.78 is 5.70. The highest BCUT2D eigenvalue weighted by atomic mass is 16.5. The summed E-state index contributed by atoms with van der Waals surface area (Å²) >= 11 is 0. The normalized spacial score (nSPS) is 14.5. The fourth-order valence-electron chi connectivity index (χ4n) is 2.86. The summed E-state index contributed by atoms with van der Waals surface area (Å²) in [6, 6.07) is 23.9. The first-order valence-electron chi connectivity index (χ1n) is 7.56. The summed E-state index contributed by atoms with van der Waals surface area (Å²) in [7, 11) is 0. The molecule has 3 heteroatoms. The number of aliphatic imine (C=N–C) groups is 1. The Hall–Kier alpha value is -3.07. The number of hydrogen-bond donors (Lipinski definition) is 1. The van der Waals surface area contributed by atoms with Crippen LogP contribution in [0, 0.1) is 0 Å². The predicted octanol–water partition coefficient (Wildman–Crippen LogP) is 4.45. The van der Waals surface area contributed by atoms with Crippen LogP contribution in [0.5, 0.6) is 5.75 Å². The molecule has 0 bridgehead atoms. The third-order valence-corrected chi connectivity index (χ3v) is 3.95. The second-order valence-electron chi connectivity index (χ2n) is 5.45. The van der Waals surface area contributed by atoms with Crippen molar-refractivity contribution < 1.29 is 4.74 Å². The van der Waals surface area contributed by atoms with Crippen LogP contribution in [0.25, 0.3) is 11.1 Å². The highest BCUT2D eigenvalue weighted by Crippen LogP contribution is 2.36. The number of fused-ring (bicyclic) bond motifs is 1. The largest absolute Gasteiger partial charge is 0.487 e. The highest BCUT2D eigenvalue weighted by molar-refractivity contribution is 6.08.